The summed E-state index contributed by atoms with van der Waals surface area (Å²) in [7, 11) is 0. The van der Waals surface area contributed by atoms with Crippen molar-refractivity contribution in [2.75, 3.05) is 6.54 Å². The number of amides is 2. The van der Waals surface area contributed by atoms with Crippen LogP contribution in [-0.4, -0.2) is 29.8 Å². The maximum Gasteiger partial charge on any atom is 0.254 e. The topological polar surface area (TPSA) is 49.4 Å². The molecule has 0 spiro atoms. The lowest BCUT2D eigenvalue weighted by Crippen LogP contribution is -2.47. The zero-order valence-electron chi connectivity index (χ0n) is 20.6. The van der Waals surface area contributed by atoms with Crippen molar-refractivity contribution in [3.63, 3.8) is 0 Å². The average Bonchev–Trinajstić information content (AvgIpc) is 2.91. The van der Waals surface area contributed by atoms with Gasteiger partial charge in [-0.05, 0) is 72.7 Å². The summed E-state index contributed by atoms with van der Waals surface area (Å²) in [5.74, 6) is -0.0909. The lowest BCUT2D eigenvalue weighted by Gasteiger charge is -2.43. The monoisotopic (exact) mass is 540 g/mol. The highest BCUT2D eigenvalue weighted by atomic mass is 35.5. The Bertz CT molecular complexity index is 1210. The van der Waals surface area contributed by atoms with Crippen LogP contribution in [0.15, 0.2) is 66.7 Å². The van der Waals surface area contributed by atoms with Crippen LogP contribution in [0.1, 0.15) is 65.2 Å². The van der Waals surface area contributed by atoms with E-state index in [1.54, 1.807) is 18.2 Å². The molecule has 1 heterocycles. The molecule has 1 fully saturated rings. The molecule has 2 aliphatic rings. The summed E-state index contributed by atoms with van der Waals surface area (Å²) in [5, 5.41) is 3.81. The molecular formula is C30H31Cl2FN2O2. The van der Waals surface area contributed by atoms with Crippen LogP contribution in [0, 0.1) is 5.82 Å². The van der Waals surface area contributed by atoms with Gasteiger partial charge in [-0.2, -0.15) is 0 Å². The van der Waals surface area contributed by atoms with Gasteiger partial charge in [0.15, 0.2) is 0 Å². The van der Waals surface area contributed by atoms with Crippen LogP contribution < -0.4 is 5.32 Å². The van der Waals surface area contributed by atoms with Gasteiger partial charge < -0.3 is 10.2 Å². The predicted molar refractivity (Wildman–Crippen MR) is 147 cm³/mol. The third kappa shape index (κ3) is 6.91. The first-order valence-corrected chi connectivity index (χ1v) is 13.5. The second-order valence-corrected chi connectivity index (χ2v) is 10.3. The second-order valence-electron chi connectivity index (χ2n) is 9.50. The zero-order chi connectivity index (χ0) is 26.2. The highest BCUT2D eigenvalue weighted by molar-refractivity contribution is 6.35. The number of fused-ring (bicyclic) bond motifs is 1. The molecule has 7 heteroatoms. The van der Waals surface area contributed by atoms with Gasteiger partial charge >= 0.3 is 0 Å². The fourth-order valence-corrected chi connectivity index (χ4v) is 5.77. The minimum absolute atomic E-state index is 0.0183. The quantitative estimate of drug-likeness (QED) is 0.266. The highest BCUT2D eigenvalue weighted by Gasteiger charge is 2.38. The van der Waals surface area contributed by atoms with Crippen molar-refractivity contribution in [2.24, 2.45) is 0 Å². The second kappa shape index (κ2) is 13.1. The highest BCUT2D eigenvalue weighted by Crippen LogP contribution is 2.40. The molecule has 5 rings (SSSR count). The summed E-state index contributed by atoms with van der Waals surface area (Å²) in [4.78, 5) is 25.3. The molecule has 3 aromatic carbocycles. The van der Waals surface area contributed by atoms with Gasteiger partial charge in [0.05, 0.1) is 6.04 Å². The molecule has 194 valence electrons. The SMILES string of the molecule is O=C1c2ccccc2CC(c2ccc(Cl)cc2Cl)N1C1CCCCC1.O=CNCCc1ccc(F)cc1. The summed E-state index contributed by atoms with van der Waals surface area (Å²) >= 11 is 12.6. The predicted octanol–water partition coefficient (Wildman–Crippen LogP) is 7.18. The Morgan fingerprint density at radius 1 is 0.973 bits per heavy atom. The summed E-state index contributed by atoms with van der Waals surface area (Å²) in [6, 6.07) is 20.1. The molecule has 1 N–H and O–H groups in total. The molecule has 37 heavy (non-hydrogen) atoms. The van der Waals surface area contributed by atoms with E-state index in [1.165, 1.54) is 31.4 Å². The molecule has 0 bridgehead atoms. The largest absolute Gasteiger partial charge is 0.358 e. The van der Waals surface area contributed by atoms with Crippen LogP contribution in [0.5, 0.6) is 0 Å². The van der Waals surface area contributed by atoms with E-state index in [4.69, 9.17) is 23.2 Å². The van der Waals surface area contributed by atoms with Crippen LogP contribution in [0.25, 0.3) is 0 Å². The maximum absolute atomic E-state index is 13.3. The molecule has 0 aromatic heterocycles. The molecule has 1 aliphatic heterocycles. The van der Waals surface area contributed by atoms with E-state index in [9.17, 15) is 14.0 Å². The minimum atomic E-state index is -0.234. The number of halogens is 3. The van der Waals surface area contributed by atoms with Crippen LogP contribution >= 0.6 is 23.2 Å². The standard InChI is InChI=1S/C21H21Cl2NO.C9H10FNO/c22-15-10-11-18(19(23)13-15)20-12-14-6-4-5-9-17(14)21(25)24(20)16-7-2-1-3-8-16;10-9-3-1-8(2-4-9)5-6-11-7-12/h4-6,9-11,13,16,20H,1-3,7-8,12H2;1-4,7H,5-6H2,(H,11,12). The van der Waals surface area contributed by atoms with Crippen molar-refractivity contribution in [3.8, 4) is 0 Å². The third-order valence-corrected chi connectivity index (χ3v) is 7.64. The molecule has 1 atom stereocenters. The van der Waals surface area contributed by atoms with E-state index in [0.29, 0.717) is 29.0 Å². The number of carbonyl (C=O) groups excluding carboxylic acids is 2. The van der Waals surface area contributed by atoms with Crippen LogP contribution in [0.4, 0.5) is 4.39 Å². The molecule has 0 saturated heterocycles. The van der Waals surface area contributed by atoms with E-state index in [2.05, 4.69) is 16.3 Å². The van der Waals surface area contributed by atoms with Crippen molar-refractivity contribution < 1.29 is 14.0 Å². The van der Waals surface area contributed by atoms with Gasteiger partial charge in [0.1, 0.15) is 5.82 Å². The fourth-order valence-electron chi connectivity index (χ4n) is 5.23. The van der Waals surface area contributed by atoms with Gasteiger partial charge in [-0.15, -0.1) is 0 Å². The van der Waals surface area contributed by atoms with Crippen molar-refractivity contribution in [2.45, 2.75) is 57.0 Å². The number of nitrogens with one attached hydrogen (secondary N) is 1. The number of hydrogen-bond acceptors (Lipinski definition) is 2. The summed E-state index contributed by atoms with van der Waals surface area (Å²) in [6.45, 7) is 0.592. The lowest BCUT2D eigenvalue weighted by molar-refractivity contribution is -0.109. The number of hydrogen-bond donors (Lipinski definition) is 1. The Morgan fingerprint density at radius 2 is 1.70 bits per heavy atom. The van der Waals surface area contributed by atoms with Gasteiger partial charge in [-0.25, -0.2) is 4.39 Å². The smallest absolute Gasteiger partial charge is 0.254 e. The maximum atomic E-state index is 13.3. The molecule has 0 radical (unpaired) electrons. The molecule has 4 nitrogen and oxygen atoms in total. The van der Waals surface area contributed by atoms with E-state index in [1.807, 2.05) is 30.3 Å². The lowest BCUT2D eigenvalue weighted by atomic mass is 9.85. The van der Waals surface area contributed by atoms with Crippen LogP contribution in [0.2, 0.25) is 10.0 Å². The van der Waals surface area contributed by atoms with Crippen LogP contribution in [-0.2, 0) is 17.6 Å². The first-order chi connectivity index (χ1) is 18.0. The molecule has 1 unspecified atom stereocenters. The van der Waals surface area contributed by atoms with Gasteiger partial charge in [0, 0.05) is 28.2 Å². The molecule has 1 saturated carbocycles. The van der Waals surface area contributed by atoms with E-state index in [-0.39, 0.29) is 17.8 Å². The van der Waals surface area contributed by atoms with Crippen molar-refractivity contribution in [1.82, 2.24) is 10.2 Å². The molecule has 1 aliphatic carbocycles. The van der Waals surface area contributed by atoms with Crippen LogP contribution in [0.3, 0.4) is 0 Å². The van der Waals surface area contributed by atoms with Crippen molar-refractivity contribution >= 4 is 35.5 Å². The molecule has 3 aromatic rings. The number of carbonyl (C=O) groups is 2. The molecule has 2 amide bonds. The first kappa shape index (κ1) is 27.2. The average molecular weight is 541 g/mol. The van der Waals surface area contributed by atoms with Gasteiger partial charge in [0.2, 0.25) is 6.41 Å². The summed E-state index contributed by atoms with van der Waals surface area (Å²) in [6.07, 6.45) is 8.00. The van der Waals surface area contributed by atoms with Gasteiger partial charge in [-0.3, -0.25) is 9.59 Å². The third-order valence-electron chi connectivity index (χ3n) is 7.08. The number of nitrogens with zero attached hydrogens (tertiary/aromatic N) is 1. The summed E-state index contributed by atoms with van der Waals surface area (Å²) < 4.78 is 12.4. The zero-order valence-corrected chi connectivity index (χ0v) is 22.1. The Hall–Kier alpha value is -2.89. The first-order valence-electron chi connectivity index (χ1n) is 12.7. The van der Waals surface area contributed by atoms with Crippen molar-refractivity contribution in [3.05, 3.63) is 105 Å². The normalized spacial score (nSPS) is 17.4. The van der Waals surface area contributed by atoms with E-state index >= 15 is 0 Å². The Morgan fingerprint density at radius 3 is 2.41 bits per heavy atom. The molecular weight excluding hydrogens is 510 g/mol. The summed E-state index contributed by atoms with van der Waals surface area (Å²) in [5.41, 5.74) is 3.97. The number of benzene rings is 3. The van der Waals surface area contributed by atoms with E-state index in [0.717, 1.165) is 47.9 Å². The fraction of sp³-hybridized carbons (Fsp3) is 0.333. The number of rotatable bonds is 6. The Balaban J connectivity index is 0.000000225. The van der Waals surface area contributed by atoms with Crippen molar-refractivity contribution in [1.29, 1.82) is 0 Å². The van der Waals surface area contributed by atoms with Gasteiger partial charge in [0.25, 0.3) is 5.91 Å². The minimum Gasteiger partial charge on any atom is -0.358 e. The Labute approximate surface area is 227 Å². The Kier molecular flexibility index (Phi) is 9.59. The van der Waals surface area contributed by atoms with E-state index < -0.39 is 0 Å². The van der Waals surface area contributed by atoms with Gasteiger partial charge in [-0.1, -0.05) is 78.9 Å².